The fourth-order valence-corrected chi connectivity index (χ4v) is 5.18. The summed E-state index contributed by atoms with van der Waals surface area (Å²) in [6, 6.07) is 5.13. The van der Waals surface area contributed by atoms with E-state index in [0.717, 1.165) is 6.07 Å². The summed E-state index contributed by atoms with van der Waals surface area (Å²) < 4.78 is 57.5. The molecule has 3 aliphatic rings. The van der Waals surface area contributed by atoms with E-state index in [1.807, 2.05) is 0 Å². The Bertz CT molecular complexity index is 949. The maximum absolute atomic E-state index is 12.8. The summed E-state index contributed by atoms with van der Waals surface area (Å²) in [4.78, 5) is 10.0. The Morgan fingerprint density at radius 3 is 2.30 bits per heavy atom. The highest BCUT2D eigenvalue weighted by atomic mass is 32.2. The van der Waals surface area contributed by atoms with Crippen molar-refractivity contribution in [1.29, 1.82) is 0 Å². The minimum Gasteiger partial charge on any atom is -0.342 e. The van der Waals surface area contributed by atoms with Crippen LogP contribution in [0.4, 0.5) is 5.69 Å². The Kier molecular flexibility index (Phi) is 5.17. The van der Waals surface area contributed by atoms with E-state index >= 15 is 0 Å². The Morgan fingerprint density at radius 2 is 1.60 bits per heavy atom. The van der Waals surface area contributed by atoms with Crippen LogP contribution in [-0.4, -0.2) is 62.2 Å². The number of rotatable bonds is 5. The largest absolute Gasteiger partial charge is 0.342 e. The van der Waals surface area contributed by atoms with Crippen molar-refractivity contribution in [3.63, 3.8) is 0 Å². The predicted molar refractivity (Wildman–Crippen MR) is 101 cm³/mol. The molecule has 0 aliphatic carbocycles. The lowest BCUT2D eigenvalue weighted by Gasteiger charge is -2.37. The molecule has 0 bridgehead atoms. The van der Waals surface area contributed by atoms with Crippen LogP contribution in [0.5, 0.6) is 0 Å². The van der Waals surface area contributed by atoms with Crippen LogP contribution in [0.3, 0.4) is 0 Å². The third-order valence-corrected chi connectivity index (χ3v) is 6.55. The van der Waals surface area contributed by atoms with Crippen molar-refractivity contribution in [1.82, 2.24) is 4.72 Å². The molecule has 0 unspecified atom stereocenters. The summed E-state index contributed by atoms with van der Waals surface area (Å²) in [6.45, 7) is 6.79. The van der Waals surface area contributed by atoms with Crippen LogP contribution in [0, 0.1) is 10.1 Å². The summed E-state index contributed by atoms with van der Waals surface area (Å²) in [6.07, 6.45) is -3.20. The molecule has 30 heavy (non-hydrogen) atoms. The molecule has 11 nitrogen and oxygen atoms in total. The second kappa shape index (κ2) is 7.19. The molecule has 4 rings (SSSR count). The molecule has 1 aromatic carbocycles. The number of hydrogen-bond acceptors (Lipinski definition) is 9. The first-order valence-corrected chi connectivity index (χ1v) is 11.0. The number of para-hydroxylation sites is 1. The van der Waals surface area contributed by atoms with Gasteiger partial charge in [-0.25, -0.2) is 13.1 Å². The molecule has 0 aromatic heterocycles. The van der Waals surface area contributed by atoms with Crippen LogP contribution in [0.15, 0.2) is 29.2 Å². The SMILES string of the molecule is CC1(C)O[C@H]2[C@@H](O1)[C@@H](CNS(=O)(=O)c1ccccc1[N+](=O)[O-])O[C@@H]1OC(C)(C)O[C@@H]12. The minimum atomic E-state index is -4.18. The van der Waals surface area contributed by atoms with Gasteiger partial charge >= 0.3 is 0 Å². The van der Waals surface area contributed by atoms with E-state index in [1.54, 1.807) is 27.7 Å². The lowest BCUT2D eigenvalue weighted by Crippen LogP contribution is -2.57. The van der Waals surface area contributed by atoms with Gasteiger partial charge in [0.2, 0.25) is 10.0 Å². The number of nitro groups is 1. The Labute approximate surface area is 173 Å². The molecule has 3 aliphatic heterocycles. The molecule has 1 aromatic rings. The van der Waals surface area contributed by atoms with Crippen LogP contribution in [-0.2, 0) is 33.7 Å². The van der Waals surface area contributed by atoms with Crippen molar-refractivity contribution in [2.75, 3.05) is 6.54 Å². The van der Waals surface area contributed by atoms with Crippen molar-refractivity contribution >= 4 is 15.7 Å². The van der Waals surface area contributed by atoms with E-state index in [0.29, 0.717) is 0 Å². The highest BCUT2D eigenvalue weighted by Gasteiger charge is 2.60. The van der Waals surface area contributed by atoms with Gasteiger partial charge in [-0.2, -0.15) is 0 Å². The quantitative estimate of drug-likeness (QED) is 0.526. The van der Waals surface area contributed by atoms with E-state index < -0.39 is 67.8 Å². The summed E-state index contributed by atoms with van der Waals surface area (Å²) in [5, 5.41) is 11.2. The Hall–Kier alpha value is -1.67. The number of sulfonamides is 1. The lowest BCUT2D eigenvalue weighted by molar-refractivity contribution is -0.387. The van der Waals surface area contributed by atoms with Crippen LogP contribution < -0.4 is 4.72 Å². The van der Waals surface area contributed by atoms with Gasteiger partial charge in [-0.3, -0.25) is 10.1 Å². The normalized spacial score (nSPS) is 34.3. The average Bonchev–Trinajstić information content (AvgIpc) is 3.13. The summed E-state index contributed by atoms with van der Waals surface area (Å²) in [7, 11) is -4.18. The number of nitro benzene ring substituents is 1. The van der Waals surface area contributed by atoms with Gasteiger partial charge in [0.1, 0.15) is 24.4 Å². The van der Waals surface area contributed by atoms with Crippen LogP contribution in [0.1, 0.15) is 27.7 Å². The van der Waals surface area contributed by atoms with Crippen LogP contribution in [0.2, 0.25) is 0 Å². The van der Waals surface area contributed by atoms with E-state index in [9.17, 15) is 18.5 Å². The van der Waals surface area contributed by atoms with Crippen molar-refractivity contribution in [3.8, 4) is 0 Å². The number of fused-ring (bicyclic) bond motifs is 3. The molecule has 0 amide bonds. The lowest BCUT2D eigenvalue weighted by atomic mass is 9.99. The zero-order chi connectivity index (χ0) is 21.9. The van der Waals surface area contributed by atoms with Gasteiger partial charge in [-0.05, 0) is 33.8 Å². The molecule has 3 fully saturated rings. The summed E-state index contributed by atoms with van der Waals surface area (Å²) in [5.74, 6) is -1.81. The van der Waals surface area contributed by atoms with E-state index in [2.05, 4.69) is 4.72 Å². The van der Waals surface area contributed by atoms with Crippen molar-refractivity contribution in [2.45, 2.75) is 74.9 Å². The number of hydrogen-bond donors (Lipinski definition) is 1. The van der Waals surface area contributed by atoms with Crippen molar-refractivity contribution < 1.29 is 37.0 Å². The number of nitrogens with zero attached hydrogens (tertiary/aromatic N) is 1. The number of nitrogens with one attached hydrogen (secondary N) is 1. The minimum absolute atomic E-state index is 0.192. The fourth-order valence-electron chi connectivity index (χ4n) is 3.96. The first-order valence-electron chi connectivity index (χ1n) is 9.48. The van der Waals surface area contributed by atoms with Gasteiger partial charge < -0.3 is 23.7 Å². The number of benzene rings is 1. The molecule has 0 spiro atoms. The highest BCUT2D eigenvalue weighted by molar-refractivity contribution is 7.89. The molecule has 0 radical (unpaired) electrons. The number of ether oxygens (including phenoxy) is 5. The van der Waals surface area contributed by atoms with Gasteiger partial charge in [-0.15, -0.1) is 0 Å². The van der Waals surface area contributed by atoms with Crippen molar-refractivity contribution in [2.24, 2.45) is 0 Å². The van der Waals surface area contributed by atoms with Gasteiger partial charge in [0, 0.05) is 12.6 Å². The smallest absolute Gasteiger partial charge is 0.289 e. The topological polar surface area (TPSA) is 135 Å². The third kappa shape index (κ3) is 3.96. The van der Waals surface area contributed by atoms with Gasteiger partial charge in [0.05, 0.1) is 4.92 Å². The van der Waals surface area contributed by atoms with E-state index in [4.69, 9.17) is 23.7 Å². The Morgan fingerprint density at radius 1 is 1.00 bits per heavy atom. The first kappa shape index (κ1) is 21.6. The zero-order valence-electron chi connectivity index (χ0n) is 16.9. The molecule has 166 valence electrons. The zero-order valence-corrected chi connectivity index (χ0v) is 17.7. The first-order chi connectivity index (χ1) is 13.9. The maximum Gasteiger partial charge on any atom is 0.289 e. The summed E-state index contributed by atoms with van der Waals surface area (Å²) >= 11 is 0. The van der Waals surface area contributed by atoms with E-state index in [1.165, 1.54) is 18.2 Å². The van der Waals surface area contributed by atoms with Gasteiger partial charge in [0.25, 0.3) is 5.69 Å². The second-order valence-corrected chi connectivity index (χ2v) is 10.0. The molecule has 0 saturated carbocycles. The molecular weight excluding hydrogens is 420 g/mol. The molecule has 5 atom stereocenters. The molecule has 1 N–H and O–H groups in total. The standard InChI is InChI=1S/C18H24N2O9S/c1-17(2)26-13-11(25-16-15(14(13)27-17)28-18(3,4)29-16)9-19-30(23,24)12-8-6-5-7-10(12)20(21)22/h5-8,11,13-16,19H,9H2,1-4H3/t11-,13+,14+,15-,16-/m1/s1. The third-order valence-electron chi connectivity index (χ3n) is 5.08. The van der Waals surface area contributed by atoms with Crippen LogP contribution in [0.25, 0.3) is 0 Å². The molecular formula is C18H24N2O9S. The second-order valence-electron chi connectivity index (χ2n) is 8.28. The average molecular weight is 444 g/mol. The van der Waals surface area contributed by atoms with Crippen molar-refractivity contribution in [3.05, 3.63) is 34.4 Å². The fraction of sp³-hybridized carbons (Fsp3) is 0.667. The maximum atomic E-state index is 12.8. The van der Waals surface area contributed by atoms with Gasteiger partial charge in [0.15, 0.2) is 22.8 Å². The molecule has 3 saturated heterocycles. The Balaban J connectivity index is 1.55. The highest BCUT2D eigenvalue weighted by Crippen LogP contribution is 2.44. The molecule has 12 heteroatoms. The van der Waals surface area contributed by atoms with Gasteiger partial charge in [-0.1, -0.05) is 12.1 Å². The predicted octanol–water partition coefficient (Wildman–Crippen LogP) is 1.27. The van der Waals surface area contributed by atoms with E-state index in [-0.39, 0.29) is 6.54 Å². The summed E-state index contributed by atoms with van der Waals surface area (Å²) in [5.41, 5.74) is -0.511. The van der Waals surface area contributed by atoms with Crippen LogP contribution >= 0.6 is 0 Å². The monoisotopic (exact) mass is 444 g/mol. The molecule has 3 heterocycles.